The number of halogens is 1. The number of aliphatic carboxylic acids is 1. The summed E-state index contributed by atoms with van der Waals surface area (Å²) in [5.74, 6) is -0.882. The van der Waals surface area contributed by atoms with Gasteiger partial charge in [0.05, 0.1) is 16.7 Å². The zero-order valence-corrected chi connectivity index (χ0v) is 12.4. The fourth-order valence-electron chi connectivity index (χ4n) is 2.31. The Bertz CT molecular complexity index is 509. The third kappa shape index (κ3) is 4.15. The van der Waals surface area contributed by atoms with Crippen LogP contribution in [0.1, 0.15) is 19.3 Å². The number of carboxylic acid groups (broad SMARTS) is 1. The number of rotatable bonds is 5. The topological polar surface area (TPSA) is 66.4 Å². The molecule has 1 aliphatic rings. The zero-order valence-electron chi connectivity index (χ0n) is 10.8. The van der Waals surface area contributed by atoms with Crippen LogP contribution in [-0.2, 0) is 9.59 Å². The minimum absolute atomic E-state index is 0.0181. The molecule has 0 saturated heterocycles. The molecule has 2 rings (SSSR count). The number of carbonyl (C=O) groups excluding carboxylic acids is 1. The van der Waals surface area contributed by atoms with Crippen LogP contribution in [0.25, 0.3) is 0 Å². The van der Waals surface area contributed by atoms with Crippen molar-refractivity contribution >= 4 is 35.2 Å². The number of benzene rings is 1. The predicted octanol–water partition coefficient (Wildman–Crippen LogP) is 2.80. The van der Waals surface area contributed by atoms with Crippen molar-refractivity contribution in [3.05, 3.63) is 29.3 Å². The molecule has 0 radical (unpaired) electrons. The van der Waals surface area contributed by atoms with Crippen LogP contribution in [0.15, 0.2) is 29.2 Å². The summed E-state index contributed by atoms with van der Waals surface area (Å²) in [6.45, 7) is 0. The van der Waals surface area contributed by atoms with Crippen molar-refractivity contribution in [2.24, 2.45) is 5.92 Å². The molecule has 1 aliphatic carbocycles. The number of thioether (sulfide) groups is 1. The molecular formula is C14H16ClNO3S. The molecule has 1 amide bonds. The maximum Gasteiger partial charge on any atom is 0.306 e. The molecule has 6 heteroatoms. The highest BCUT2D eigenvalue weighted by Crippen LogP contribution is 2.28. The van der Waals surface area contributed by atoms with E-state index in [1.165, 1.54) is 11.8 Å². The third-order valence-electron chi connectivity index (χ3n) is 3.34. The van der Waals surface area contributed by atoms with Gasteiger partial charge in [0.1, 0.15) is 0 Å². The molecule has 1 aromatic rings. The molecule has 20 heavy (non-hydrogen) atoms. The Morgan fingerprint density at radius 2 is 2.10 bits per heavy atom. The maximum atomic E-state index is 11.8. The van der Waals surface area contributed by atoms with Crippen LogP contribution in [-0.4, -0.2) is 28.8 Å². The number of carboxylic acids is 1. The Hall–Kier alpha value is -1.20. The second-order valence-corrected chi connectivity index (χ2v) is 6.26. The van der Waals surface area contributed by atoms with Crippen LogP contribution in [0.2, 0.25) is 5.02 Å². The summed E-state index contributed by atoms with van der Waals surface area (Å²) in [5, 5.41) is 12.4. The van der Waals surface area contributed by atoms with Crippen LogP contribution in [0.4, 0.5) is 0 Å². The van der Waals surface area contributed by atoms with Crippen LogP contribution in [0.5, 0.6) is 0 Å². The van der Waals surface area contributed by atoms with Gasteiger partial charge in [-0.2, -0.15) is 0 Å². The van der Waals surface area contributed by atoms with Crippen LogP contribution in [0.3, 0.4) is 0 Å². The molecule has 4 nitrogen and oxygen atoms in total. The van der Waals surface area contributed by atoms with Gasteiger partial charge in [-0.05, 0) is 31.4 Å². The van der Waals surface area contributed by atoms with Gasteiger partial charge >= 0.3 is 5.97 Å². The second kappa shape index (κ2) is 6.99. The molecule has 1 aromatic carbocycles. The fraction of sp³-hybridized carbons (Fsp3) is 0.429. The summed E-state index contributed by atoms with van der Waals surface area (Å²) < 4.78 is 0. The summed E-state index contributed by atoms with van der Waals surface area (Å²) in [6.07, 6.45) is 1.90. The van der Waals surface area contributed by atoms with E-state index in [2.05, 4.69) is 5.32 Å². The van der Waals surface area contributed by atoms with E-state index < -0.39 is 5.97 Å². The first-order valence-electron chi connectivity index (χ1n) is 6.45. The van der Waals surface area contributed by atoms with E-state index in [1.807, 2.05) is 18.2 Å². The Labute approximate surface area is 126 Å². The molecule has 1 saturated carbocycles. The van der Waals surface area contributed by atoms with Crippen molar-refractivity contribution < 1.29 is 14.7 Å². The van der Waals surface area contributed by atoms with Crippen LogP contribution in [0, 0.1) is 5.92 Å². The first-order valence-corrected chi connectivity index (χ1v) is 7.82. The van der Waals surface area contributed by atoms with Gasteiger partial charge in [0.15, 0.2) is 0 Å². The van der Waals surface area contributed by atoms with Gasteiger partial charge in [0.25, 0.3) is 0 Å². The standard InChI is InChI=1S/C14H16ClNO3S/c15-11-3-1-2-4-12(11)20-8-13(17)16-10-6-5-9(7-10)14(18)19/h1-4,9-10H,5-8H2,(H,16,17)(H,18,19)/t9-,10+/m1/s1. The summed E-state index contributed by atoms with van der Waals surface area (Å²) in [6, 6.07) is 7.36. The minimum atomic E-state index is -0.771. The molecular weight excluding hydrogens is 298 g/mol. The molecule has 2 atom stereocenters. The van der Waals surface area contributed by atoms with Crippen molar-refractivity contribution in [3.8, 4) is 0 Å². The van der Waals surface area contributed by atoms with E-state index in [0.29, 0.717) is 17.9 Å². The molecule has 0 aromatic heterocycles. The lowest BCUT2D eigenvalue weighted by Crippen LogP contribution is -2.34. The number of amides is 1. The minimum Gasteiger partial charge on any atom is -0.481 e. The van der Waals surface area contributed by atoms with Crippen molar-refractivity contribution in [2.75, 3.05) is 5.75 Å². The molecule has 1 fully saturated rings. The predicted molar refractivity (Wildman–Crippen MR) is 79.1 cm³/mol. The summed E-state index contributed by atoms with van der Waals surface area (Å²) in [5.41, 5.74) is 0. The first-order chi connectivity index (χ1) is 9.56. The average molecular weight is 314 g/mol. The van der Waals surface area contributed by atoms with Gasteiger partial charge in [0.2, 0.25) is 5.91 Å². The highest BCUT2D eigenvalue weighted by atomic mass is 35.5. The largest absolute Gasteiger partial charge is 0.481 e. The lowest BCUT2D eigenvalue weighted by molar-refractivity contribution is -0.141. The molecule has 0 aliphatic heterocycles. The van der Waals surface area contributed by atoms with E-state index in [4.69, 9.17) is 16.7 Å². The van der Waals surface area contributed by atoms with Gasteiger partial charge in [-0.25, -0.2) is 0 Å². The SMILES string of the molecule is O=C(CSc1ccccc1Cl)N[C@H]1CC[C@@H](C(=O)O)C1. The molecule has 0 heterocycles. The normalized spacial score (nSPS) is 21.6. The van der Waals surface area contributed by atoms with Gasteiger partial charge in [0, 0.05) is 10.9 Å². The number of hydrogen-bond acceptors (Lipinski definition) is 3. The molecule has 0 unspecified atom stereocenters. The zero-order chi connectivity index (χ0) is 14.5. The van der Waals surface area contributed by atoms with Crippen molar-refractivity contribution in [3.63, 3.8) is 0 Å². The number of hydrogen-bond donors (Lipinski definition) is 2. The maximum absolute atomic E-state index is 11.8. The Morgan fingerprint density at radius 1 is 1.35 bits per heavy atom. The van der Waals surface area contributed by atoms with Crippen molar-refractivity contribution in [1.82, 2.24) is 5.32 Å². The summed E-state index contributed by atoms with van der Waals surface area (Å²) >= 11 is 7.40. The summed E-state index contributed by atoms with van der Waals surface area (Å²) in [7, 11) is 0. The highest BCUT2D eigenvalue weighted by molar-refractivity contribution is 8.00. The highest BCUT2D eigenvalue weighted by Gasteiger charge is 2.30. The first kappa shape index (κ1) is 15.2. The van der Waals surface area contributed by atoms with Gasteiger partial charge in [-0.15, -0.1) is 11.8 Å². The fourth-order valence-corrected chi connectivity index (χ4v) is 3.36. The Morgan fingerprint density at radius 3 is 2.75 bits per heavy atom. The Kier molecular flexibility index (Phi) is 5.31. The van der Waals surface area contributed by atoms with Crippen LogP contribution >= 0.6 is 23.4 Å². The third-order valence-corrected chi connectivity index (χ3v) is 4.86. The van der Waals surface area contributed by atoms with E-state index in [-0.39, 0.29) is 23.6 Å². The number of carbonyl (C=O) groups is 2. The molecule has 0 bridgehead atoms. The summed E-state index contributed by atoms with van der Waals surface area (Å²) in [4.78, 5) is 23.6. The lowest BCUT2D eigenvalue weighted by Gasteiger charge is -2.12. The monoisotopic (exact) mass is 313 g/mol. The van der Waals surface area contributed by atoms with Gasteiger partial charge in [-0.3, -0.25) is 9.59 Å². The molecule has 0 spiro atoms. The number of nitrogens with one attached hydrogen (secondary N) is 1. The van der Waals surface area contributed by atoms with Crippen molar-refractivity contribution in [2.45, 2.75) is 30.2 Å². The van der Waals surface area contributed by atoms with E-state index in [9.17, 15) is 9.59 Å². The smallest absolute Gasteiger partial charge is 0.306 e. The molecule has 108 valence electrons. The van der Waals surface area contributed by atoms with E-state index >= 15 is 0 Å². The van der Waals surface area contributed by atoms with Gasteiger partial charge < -0.3 is 10.4 Å². The van der Waals surface area contributed by atoms with E-state index in [0.717, 1.165) is 11.3 Å². The van der Waals surface area contributed by atoms with Gasteiger partial charge in [-0.1, -0.05) is 23.7 Å². The second-order valence-electron chi connectivity index (χ2n) is 4.83. The Balaban J connectivity index is 1.77. The lowest BCUT2D eigenvalue weighted by atomic mass is 10.1. The quantitative estimate of drug-likeness (QED) is 0.820. The average Bonchev–Trinajstić information content (AvgIpc) is 2.86. The van der Waals surface area contributed by atoms with Crippen LogP contribution < -0.4 is 5.32 Å². The van der Waals surface area contributed by atoms with Crippen molar-refractivity contribution in [1.29, 1.82) is 0 Å². The molecule has 2 N–H and O–H groups in total. The van der Waals surface area contributed by atoms with E-state index in [1.54, 1.807) is 6.07 Å².